The first kappa shape index (κ1) is 14.9. The number of benzene rings is 2. The number of nitro benzene ring substituents is 1. The van der Waals surface area contributed by atoms with Crippen LogP contribution in [0.4, 0.5) is 20.2 Å². The van der Waals surface area contributed by atoms with Crippen molar-refractivity contribution in [2.45, 2.75) is 6.04 Å². The van der Waals surface area contributed by atoms with Crippen LogP contribution in [0.25, 0.3) is 0 Å². The van der Waals surface area contributed by atoms with Crippen LogP contribution in [0.15, 0.2) is 42.5 Å². The van der Waals surface area contributed by atoms with E-state index in [1.54, 1.807) is 12.1 Å². The summed E-state index contributed by atoms with van der Waals surface area (Å²) in [5.74, 6) is -2.05. The van der Waals surface area contributed by atoms with Gasteiger partial charge in [-0.3, -0.25) is 10.1 Å². The molecule has 0 aromatic heterocycles. The van der Waals surface area contributed by atoms with Crippen molar-refractivity contribution in [2.75, 3.05) is 11.9 Å². The molecular formula is C14H13F2N3O2. The summed E-state index contributed by atoms with van der Waals surface area (Å²) < 4.78 is 27.4. The predicted octanol–water partition coefficient (Wildman–Crippen LogP) is 2.98. The maximum absolute atomic E-state index is 13.7. The molecule has 2 rings (SSSR count). The molecular weight excluding hydrogens is 280 g/mol. The van der Waals surface area contributed by atoms with E-state index < -0.39 is 34.0 Å². The van der Waals surface area contributed by atoms with Gasteiger partial charge in [-0.2, -0.15) is 0 Å². The molecule has 2 aromatic rings. The highest BCUT2D eigenvalue weighted by Crippen LogP contribution is 2.25. The average molecular weight is 293 g/mol. The lowest BCUT2D eigenvalue weighted by Crippen LogP contribution is -2.21. The van der Waals surface area contributed by atoms with E-state index in [0.29, 0.717) is 12.1 Å². The molecule has 2 aromatic carbocycles. The van der Waals surface area contributed by atoms with E-state index in [9.17, 15) is 18.9 Å². The number of nitrogens with two attached hydrogens (primary N) is 1. The van der Waals surface area contributed by atoms with E-state index >= 15 is 0 Å². The normalized spacial score (nSPS) is 12.0. The zero-order chi connectivity index (χ0) is 15.4. The SMILES string of the molecule is NC(CNc1c(F)cc([N+](=O)[O-])cc1F)c1ccccc1. The minimum atomic E-state index is -1.03. The summed E-state index contributed by atoms with van der Waals surface area (Å²) in [4.78, 5) is 9.64. The van der Waals surface area contributed by atoms with Gasteiger partial charge in [-0.05, 0) is 5.56 Å². The number of anilines is 1. The van der Waals surface area contributed by atoms with E-state index in [0.717, 1.165) is 5.56 Å². The van der Waals surface area contributed by atoms with Gasteiger partial charge in [0.05, 0.1) is 17.1 Å². The van der Waals surface area contributed by atoms with Gasteiger partial charge in [0.1, 0.15) is 5.69 Å². The van der Waals surface area contributed by atoms with Crippen LogP contribution in [-0.4, -0.2) is 11.5 Å². The molecule has 0 radical (unpaired) electrons. The number of nitro groups is 1. The van der Waals surface area contributed by atoms with Crippen LogP contribution in [0.1, 0.15) is 11.6 Å². The van der Waals surface area contributed by atoms with Crippen LogP contribution in [0.5, 0.6) is 0 Å². The first-order valence-corrected chi connectivity index (χ1v) is 6.17. The second-order valence-corrected chi connectivity index (χ2v) is 4.44. The van der Waals surface area contributed by atoms with Crippen molar-refractivity contribution in [3.8, 4) is 0 Å². The molecule has 0 saturated heterocycles. The first-order chi connectivity index (χ1) is 9.99. The second-order valence-electron chi connectivity index (χ2n) is 4.44. The van der Waals surface area contributed by atoms with Crippen LogP contribution >= 0.6 is 0 Å². The van der Waals surface area contributed by atoms with Gasteiger partial charge in [0.25, 0.3) is 5.69 Å². The quantitative estimate of drug-likeness (QED) is 0.656. The van der Waals surface area contributed by atoms with Crippen molar-refractivity contribution < 1.29 is 13.7 Å². The van der Waals surface area contributed by atoms with Gasteiger partial charge < -0.3 is 11.1 Å². The molecule has 5 nitrogen and oxygen atoms in total. The molecule has 0 aliphatic rings. The molecule has 3 N–H and O–H groups in total. The van der Waals surface area contributed by atoms with Gasteiger partial charge >= 0.3 is 0 Å². The van der Waals surface area contributed by atoms with E-state index in [4.69, 9.17) is 5.73 Å². The fourth-order valence-electron chi connectivity index (χ4n) is 1.86. The van der Waals surface area contributed by atoms with Gasteiger partial charge in [0, 0.05) is 12.6 Å². The molecule has 21 heavy (non-hydrogen) atoms. The lowest BCUT2D eigenvalue weighted by atomic mass is 10.1. The monoisotopic (exact) mass is 293 g/mol. The standard InChI is InChI=1S/C14H13F2N3O2/c15-11-6-10(19(20)21)7-12(16)14(11)18-8-13(17)9-4-2-1-3-5-9/h1-7,13,18H,8,17H2. The topological polar surface area (TPSA) is 81.2 Å². The number of hydrogen-bond donors (Lipinski definition) is 2. The number of hydrogen-bond acceptors (Lipinski definition) is 4. The second kappa shape index (κ2) is 6.27. The molecule has 1 atom stereocenters. The fraction of sp³-hybridized carbons (Fsp3) is 0.143. The summed E-state index contributed by atoms with van der Waals surface area (Å²) in [6.45, 7) is 0.0929. The van der Waals surface area contributed by atoms with E-state index in [-0.39, 0.29) is 6.54 Å². The van der Waals surface area contributed by atoms with Crippen molar-refractivity contribution in [1.29, 1.82) is 0 Å². The zero-order valence-electron chi connectivity index (χ0n) is 10.9. The Morgan fingerprint density at radius 1 is 1.19 bits per heavy atom. The highest BCUT2D eigenvalue weighted by molar-refractivity contribution is 5.51. The third-order valence-corrected chi connectivity index (χ3v) is 2.96. The molecule has 0 aliphatic heterocycles. The summed E-state index contributed by atoms with van der Waals surface area (Å²) in [5.41, 5.74) is 5.66. The molecule has 0 fully saturated rings. The van der Waals surface area contributed by atoms with Crippen molar-refractivity contribution in [3.63, 3.8) is 0 Å². The molecule has 0 saturated carbocycles. The zero-order valence-corrected chi connectivity index (χ0v) is 10.9. The Hall–Kier alpha value is -2.54. The van der Waals surface area contributed by atoms with Gasteiger partial charge in [-0.25, -0.2) is 8.78 Å². The number of nitrogens with zero attached hydrogens (tertiary/aromatic N) is 1. The van der Waals surface area contributed by atoms with Gasteiger partial charge in [-0.15, -0.1) is 0 Å². The van der Waals surface area contributed by atoms with Crippen molar-refractivity contribution >= 4 is 11.4 Å². The molecule has 0 spiro atoms. The third kappa shape index (κ3) is 3.51. The number of halogens is 2. The summed E-state index contributed by atoms with van der Waals surface area (Å²) in [5, 5.41) is 13.0. The Morgan fingerprint density at radius 2 is 1.76 bits per heavy atom. The fourth-order valence-corrected chi connectivity index (χ4v) is 1.86. The van der Waals surface area contributed by atoms with Gasteiger partial charge in [0.15, 0.2) is 11.6 Å². The lowest BCUT2D eigenvalue weighted by Gasteiger charge is -2.15. The average Bonchev–Trinajstić information content (AvgIpc) is 2.46. The van der Waals surface area contributed by atoms with Crippen molar-refractivity contribution in [2.24, 2.45) is 5.73 Å². The maximum atomic E-state index is 13.7. The Bertz CT molecular complexity index is 627. The number of non-ortho nitro benzene ring substituents is 1. The third-order valence-electron chi connectivity index (χ3n) is 2.96. The number of nitrogens with one attached hydrogen (secondary N) is 1. The molecule has 0 amide bonds. The lowest BCUT2D eigenvalue weighted by molar-refractivity contribution is -0.385. The highest BCUT2D eigenvalue weighted by Gasteiger charge is 2.17. The van der Waals surface area contributed by atoms with Crippen molar-refractivity contribution in [1.82, 2.24) is 0 Å². The summed E-state index contributed by atoms with van der Waals surface area (Å²) in [7, 11) is 0. The molecule has 0 heterocycles. The minimum absolute atomic E-state index is 0.0929. The van der Waals surface area contributed by atoms with Crippen LogP contribution in [0, 0.1) is 21.7 Å². The van der Waals surface area contributed by atoms with Crippen LogP contribution in [0.2, 0.25) is 0 Å². The van der Waals surface area contributed by atoms with E-state index in [1.165, 1.54) is 0 Å². The Balaban J connectivity index is 2.12. The van der Waals surface area contributed by atoms with Crippen molar-refractivity contribution in [3.05, 3.63) is 69.8 Å². The predicted molar refractivity (Wildman–Crippen MR) is 74.9 cm³/mol. The molecule has 7 heteroatoms. The Labute approximate surface area is 119 Å². The molecule has 110 valence electrons. The molecule has 1 unspecified atom stereocenters. The highest BCUT2D eigenvalue weighted by atomic mass is 19.1. The molecule has 0 aliphatic carbocycles. The molecule has 0 bridgehead atoms. The van der Waals surface area contributed by atoms with Crippen LogP contribution in [0.3, 0.4) is 0 Å². The smallest absolute Gasteiger partial charge is 0.275 e. The van der Waals surface area contributed by atoms with Crippen LogP contribution < -0.4 is 11.1 Å². The van der Waals surface area contributed by atoms with Gasteiger partial charge in [0.2, 0.25) is 0 Å². The minimum Gasteiger partial charge on any atom is -0.378 e. The van der Waals surface area contributed by atoms with E-state index in [2.05, 4.69) is 5.32 Å². The maximum Gasteiger partial charge on any atom is 0.275 e. The number of rotatable bonds is 5. The first-order valence-electron chi connectivity index (χ1n) is 6.17. The summed E-state index contributed by atoms with van der Waals surface area (Å²) in [6, 6.07) is 9.92. The Kier molecular flexibility index (Phi) is 4.44. The van der Waals surface area contributed by atoms with Crippen LogP contribution in [-0.2, 0) is 0 Å². The van der Waals surface area contributed by atoms with Gasteiger partial charge in [-0.1, -0.05) is 30.3 Å². The summed E-state index contributed by atoms with van der Waals surface area (Å²) in [6.07, 6.45) is 0. The van der Waals surface area contributed by atoms with E-state index in [1.807, 2.05) is 18.2 Å². The largest absolute Gasteiger partial charge is 0.378 e. The summed E-state index contributed by atoms with van der Waals surface area (Å²) >= 11 is 0. The Morgan fingerprint density at radius 3 is 2.29 bits per heavy atom.